The summed E-state index contributed by atoms with van der Waals surface area (Å²) in [6.07, 6.45) is -0.918. The molecule has 0 spiro atoms. The zero-order valence-electron chi connectivity index (χ0n) is 29.4. The Labute approximate surface area is 295 Å². The third kappa shape index (κ3) is 9.95. The van der Waals surface area contributed by atoms with Crippen LogP contribution >= 0.6 is 0 Å². The van der Waals surface area contributed by atoms with Gasteiger partial charge in [0.25, 0.3) is 0 Å². The van der Waals surface area contributed by atoms with Gasteiger partial charge in [-0.3, -0.25) is 9.69 Å². The first-order valence-electron chi connectivity index (χ1n) is 17.0. The molecule has 1 saturated heterocycles. The summed E-state index contributed by atoms with van der Waals surface area (Å²) >= 11 is 0. The van der Waals surface area contributed by atoms with Gasteiger partial charge in [0.1, 0.15) is 18.0 Å². The number of Topliss-reactive ketones (excluding diaryl/α,β-unsaturated/α-hetero) is 1. The van der Waals surface area contributed by atoms with Crippen LogP contribution in [-0.2, 0) is 27.4 Å². The van der Waals surface area contributed by atoms with Crippen LogP contribution in [0.15, 0.2) is 115 Å². The maximum atomic E-state index is 14.5. The van der Waals surface area contributed by atoms with Gasteiger partial charge in [-0.2, -0.15) is 0 Å². The number of hydrogen-bond acceptors (Lipinski definition) is 7. The number of carbonyl (C=O) groups is 3. The highest BCUT2D eigenvalue weighted by molar-refractivity contribution is 5.90. The van der Waals surface area contributed by atoms with E-state index in [-0.39, 0.29) is 32.0 Å². The molecule has 1 heterocycles. The average Bonchev–Trinajstić information content (AvgIpc) is 3.11. The molecule has 1 aliphatic rings. The van der Waals surface area contributed by atoms with Gasteiger partial charge in [-0.15, -0.1) is 0 Å². The monoisotopic (exact) mass is 677 g/mol. The molecule has 50 heavy (non-hydrogen) atoms. The molecule has 1 atom stereocenters. The Hall–Kier alpha value is -5.15. The molecule has 0 aromatic heterocycles. The number of ether oxygens (including phenoxy) is 3. The topological polar surface area (TPSA) is 88.6 Å². The maximum absolute atomic E-state index is 14.5. The quantitative estimate of drug-likeness (QED) is 0.157. The van der Waals surface area contributed by atoms with E-state index in [1.807, 2.05) is 141 Å². The number of benzene rings is 4. The van der Waals surface area contributed by atoms with Crippen molar-refractivity contribution in [3.05, 3.63) is 138 Å². The van der Waals surface area contributed by atoms with Crippen LogP contribution in [0.4, 0.5) is 9.59 Å². The van der Waals surface area contributed by atoms with Crippen molar-refractivity contribution >= 4 is 18.0 Å². The van der Waals surface area contributed by atoms with E-state index in [0.717, 1.165) is 22.3 Å². The second kappa shape index (κ2) is 17.0. The predicted octanol–water partition coefficient (Wildman–Crippen LogP) is 7.16. The molecule has 4 aromatic carbocycles. The first-order valence-corrected chi connectivity index (χ1v) is 17.0. The normalized spacial score (nSPS) is 14.8. The number of carbonyl (C=O) groups excluding carboxylic acids is 3. The number of nitrogens with zero attached hydrogens (tertiary/aromatic N) is 3. The number of rotatable bonds is 12. The molecule has 0 bridgehead atoms. The van der Waals surface area contributed by atoms with E-state index < -0.39 is 29.7 Å². The average molecular weight is 678 g/mol. The standard InChI is InChI=1S/C41H47N3O6/c1-41(2,3)50-40(47)44-25-24-43(39(46)49-30-31-16-8-5-9-17-31)28-35(44)27-42(26-34-22-14-15-23-37(34)48-4)29-36(45)38(32-18-10-6-11-19-32)33-20-12-7-13-21-33/h5-23,35,38H,24-30H2,1-4H3/t35-/m1/s1. The molecule has 0 N–H and O–H groups in total. The minimum atomic E-state index is -0.709. The molecule has 2 amide bonds. The SMILES string of the molecule is COc1ccccc1CN(CC(=O)C(c1ccccc1)c1ccccc1)C[C@@H]1CN(C(=O)OCc2ccccc2)CCN1C(=O)OC(C)(C)C. The van der Waals surface area contributed by atoms with E-state index in [1.165, 1.54) is 0 Å². The molecule has 4 aromatic rings. The van der Waals surface area contributed by atoms with Crippen LogP contribution < -0.4 is 4.74 Å². The predicted molar refractivity (Wildman–Crippen MR) is 193 cm³/mol. The molecule has 0 saturated carbocycles. The number of amides is 2. The van der Waals surface area contributed by atoms with Crippen LogP contribution in [0.3, 0.4) is 0 Å². The van der Waals surface area contributed by atoms with Crippen molar-refractivity contribution in [1.82, 2.24) is 14.7 Å². The third-order valence-electron chi connectivity index (χ3n) is 8.60. The Balaban J connectivity index is 1.44. The van der Waals surface area contributed by atoms with Crippen molar-refractivity contribution in [1.29, 1.82) is 0 Å². The van der Waals surface area contributed by atoms with Crippen molar-refractivity contribution in [2.24, 2.45) is 0 Å². The van der Waals surface area contributed by atoms with Gasteiger partial charge < -0.3 is 24.0 Å². The van der Waals surface area contributed by atoms with E-state index in [2.05, 4.69) is 0 Å². The maximum Gasteiger partial charge on any atom is 0.410 e. The molecule has 1 aliphatic heterocycles. The van der Waals surface area contributed by atoms with Crippen molar-refractivity contribution < 1.29 is 28.6 Å². The Morgan fingerprint density at radius 1 is 0.780 bits per heavy atom. The molecule has 5 rings (SSSR count). The fraction of sp³-hybridized carbons (Fsp3) is 0.341. The minimum absolute atomic E-state index is 0.0102. The van der Waals surface area contributed by atoms with Gasteiger partial charge in [0.2, 0.25) is 0 Å². The van der Waals surface area contributed by atoms with Gasteiger partial charge in [0.15, 0.2) is 5.78 Å². The van der Waals surface area contributed by atoms with Gasteiger partial charge in [0.05, 0.1) is 25.6 Å². The van der Waals surface area contributed by atoms with E-state index >= 15 is 0 Å². The number of para-hydroxylation sites is 1. The third-order valence-corrected chi connectivity index (χ3v) is 8.60. The number of methoxy groups -OCH3 is 1. The summed E-state index contributed by atoms with van der Waals surface area (Å²) in [7, 11) is 1.62. The van der Waals surface area contributed by atoms with Gasteiger partial charge in [-0.05, 0) is 43.5 Å². The smallest absolute Gasteiger partial charge is 0.410 e. The molecule has 1 fully saturated rings. The summed E-state index contributed by atoms with van der Waals surface area (Å²) in [5, 5.41) is 0. The number of ketones is 1. The number of piperazine rings is 1. The molecule has 262 valence electrons. The van der Waals surface area contributed by atoms with Crippen LogP contribution in [0, 0.1) is 0 Å². The van der Waals surface area contributed by atoms with Gasteiger partial charge in [-0.25, -0.2) is 9.59 Å². The van der Waals surface area contributed by atoms with E-state index in [1.54, 1.807) is 16.9 Å². The van der Waals surface area contributed by atoms with Crippen molar-refractivity contribution in [2.75, 3.05) is 39.8 Å². The number of hydrogen-bond donors (Lipinski definition) is 0. The Morgan fingerprint density at radius 2 is 1.36 bits per heavy atom. The second-order valence-corrected chi connectivity index (χ2v) is 13.5. The molecule has 9 heteroatoms. The highest BCUT2D eigenvalue weighted by Crippen LogP contribution is 2.28. The summed E-state index contributed by atoms with van der Waals surface area (Å²) in [6.45, 7) is 7.15. The van der Waals surface area contributed by atoms with Crippen molar-refractivity contribution in [3.63, 3.8) is 0 Å². The van der Waals surface area contributed by atoms with Crippen LogP contribution in [0.5, 0.6) is 5.75 Å². The molecule has 0 unspecified atom stereocenters. The molecule has 0 aliphatic carbocycles. The van der Waals surface area contributed by atoms with Crippen molar-refractivity contribution in [3.8, 4) is 5.75 Å². The van der Waals surface area contributed by atoms with Crippen LogP contribution in [0.2, 0.25) is 0 Å². The van der Waals surface area contributed by atoms with Crippen LogP contribution in [0.25, 0.3) is 0 Å². The Morgan fingerprint density at radius 3 is 1.96 bits per heavy atom. The van der Waals surface area contributed by atoms with E-state index in [0.29, 0.717) is 25.4 Å². The minimum Gasteiger partial charge on any atom is -0.496 e. The summed E-state index contributed by atoms with van der Waals surface area (Å²) in [4.78, 5) is 46.8. The zero-order chi connectivity index (χ0) is 35.5. The van der Waals surface area contributed by atoms with Gasteiger partial charge in [-0.1, -0.05) is 109 Å². The summed E-state index contributed by atoms with van der Waals surface area (Å²) in [5.74, 6) is 0.220. The summed E-state index contributed by atoms with van der Waals surface area (Å²) < 4.78 is 17.2. The Kier molecular flexibility index (Phi) is 12.3. The molecule has 9 nitrogen and oxygen atoms in total. The summed E-state index contributed by atoms with van der Waals surface area (Å²) in [6, 6.07) is 36.3. The van der Waals surface area contributed by atoms with Crippen LogP contribution in [-0.4, -0.2) is 84.1 Å². The molecular weight excluding hydrogens is 630 g/mol. The zero-order valence-corrected chi connectivity index (χ0v) is 29.4. The van der Waals surface area contributed by atoms with E-state index in [9.17, 15) is 14.4 Å². The highest BCUT2D eigenvalue weighted by atomic mass is 16.6. The van der Waals surface area contributed by atoms with Gasteiger partial charge in [0, 0.05) is 38.3 Å². The summed E-state index contributed by atoms with van der Waals surface area (Å²) in [5.41, 5.74) is 2.89. The lowest BCUT2D eigenvalue weighted by molar-refractivity contribution is -0.121. The van der Waals surface area contributed by atoms with Gasteiger partial charge >= 0.3 is 12.2 Å². The lowest BCUT2D eigenvalue weighted by Gasteiger charge is -2.43. The first-order chi connectivity index (χ1) is 24.1. The molecular formula is C41H47N3O6. The first kappa shape index (κ1) is 36.1. The van der Waals surface area contributed by atoms with Crippen LogP contribution in [0.1, 0.15) is 48.9 Å². The fourth-order valence-corrected chi connectivity index (χ4v) is 6.27. The lowest BCUT2D eigenvalue weighted by Crippen LogP contribution is -2.60. The fourth-order valence-electron chi connectivity index (χ4n) is 6.27. The lowest BCUT2D eigenvalue weighted by atomic mass is 9.87. The highest BCUT2D eigenvalue weighted by Gasteiger charge is 2.37. The second-order valence-electron chi connectivity index (χ2n) is 13.5. The van der Waals surface area contributed by atoms with E-state index in [4.69, 9.17) is 14.2 Å². The van der Waals surface area contributed by atoms with Crippen molar-refractivity contribution in [2.45, 2.75) is 51.5 Å². The Bertz CT molecular complexity index is 1650. The largest absolute Gasteiger partial charge is 0.496 e. The molecule has 0 radical (unpaired) electrons.